The van der Waals surface area contributed by atoms with Gasteiger partial charge in [-0.1, -0.05) is 249 Å². The van der Waals surface area contributed by atoms with E-state index in [9.17, 15) is 4.79 Å². The van der Waals surface area contributed by atoms with Crippen LogP contribution in [0, 0.1) is 0 Å². The summed E-state index contributed by atoms with van der Waals surface area (Å²) in [6.45, 7) is 33.5. The molecule has 0 aliphatic heterocycles. The van der Waals surface area contributed by atoms with Crippen LogP contribution >= 0.6 is 0 Å². The van der Waals surface area contributed by atoms with Crippen molar-refractivity contribution in [3.05, 3.63) is 12.3 Å². The number of carbonyl (C=O) groups is 1. The molecule has 0 aliphatic carbocycles. The van der Waals surface area contributed by atoms with Gasteiger partial charge in [-0.05, 0) is 78.7 Å². The standard InChI is InChI=1S/C58H119N5O.2CH4/c1-9-16-21-26-31-36-41-46-59(47-42-37-32-27-22-17-10-2)51-52-61(50-45-40-35-30-25-20-13-5)56-58(64)63(15-7)54-53-62(14-6)57(8)55-60(48-43-38-33-28-23-18-11-3)49-44-39-34-29-24-19-12-4;;/h8-56H2,1-7H3;2*1H4. The molecule has 0 fully saturated rings. The van der Waals surface area contributed by atoms with Gasteiger partial charge >= 0.3 is 0 Å². The second-order valence-corrected chi connectivity index (χ2v) is 20.1. The van der Waals surface area contributed by atoms with Crippen molar-refractivity contribution >= 4 is 5.91 Å². The van der Waals surface area contributed by atoms with Gasteiger partial charge in [0.05, 0.1) is 6.54 Å². The first-order valence-electron chi connectivity index (χ1n) is 29.3. The maximum absolute atomic E-state index is 14.2. The minimum absolute atomic E-state index is 0. The Morgan fingerprint density at radius 3 is 0.833 bits per heavy atom. The fourth-order valence-electron chi connectivity index (χ4n) is 9.51. The van der Waals surface area contributed by atoms with E-state index in [0.717, 1.165) is 52.4 Å². The fraction of sp³-hybridized carbons (Fsp3) is 0.950. The summed E-state index contributed by atoms with van der Waals surface area (Å²) >= 11 is 0. The smallest absolute Gasteiger partial charge is 0.236 e. The van der Waals surface area contributed by atoms with Crippen molar-refractivity contribution in [2.24, 2.45) is 0 Å². The third-order valence-corrected chi connectivity index (χ3v) is 14.1. The molecule has 0 rings (SSSR count). The van der Waals surface area contributed by atoms with Crippen LogP contribution in [0.2, 0.25) is 0 Å². The third kappa shape index (κ3) is 44.1. The molecule has 0 saturated carbocycles. The minimum atomic E-state index is 0. The van der Waals surface area contributed by atoms with E-state index < -0.39 is 0 Å². The molecular formula is C60H127N5O. The lowest BCUT2D eigenvalue weighted by Crippen LogP contribution is -2.46. The van der Waals surface area contributed by atoms with Gasteiger partial charge in [0, 0.05) is 51.5 Å². The number of nitrogens with zero attached hydrogens (tertiary/aromatic N) is 5. The van der Waals surface area contributed by atoms with Crippen LogP contribution in [-0.4, -0.2) is 115 Å². The Kier molecular flexibility index (Phi) is 57.4. The summed E-state index contributed by atoms with van der Waals surface area (Å²) in [5, 5.41) is 0. The monoisotopic (exact) mass is 934 g/mol. The van der Waals surface area contributed by atoms with Gasteiger partial charge in [-0.2, -0.15) is 0 Å². The lowest BCUT2D eigenvalue weighted by molar-refractivity contribution is -0.132. The quantitative estimate of drug-likeness (QED) is 0.0568. The van der Waals surface area contributed by atoms with Crippen LogP contribution in [0.1, 0.15) is 288 Å². The van der Waals surface area contributed by atoms with Gasteiger partial charge in [0.15, 0.2) is 0 Å². The van der Waals surface area contributed by atoms with Crippen LogP contribution < -0.4 is 0 Å². The van der Waals surface area contributed by atoms with Crippen molar-refractivity contribution in [2.75, 3.05) is 85.1 Å². The van der Waals surface area contributed by atoms with Crippen molar-refractivity contribution in [1.29, 1.82) is 0 Å². The van der Waals surface area contributed by atoms with Crippen LogP contribution in [0.15, 0.2) is 12.3 Å². The molecule has 398 valence electrons. The number of rotatable bonds is 53. The second kappa shape index (κ2) is 54.8. The lowest BCUT2D eigenvalue weighted by atomic mass is 10.1. The van der Waals surface area contributed by atoms with Gasteiger partial charge < -0.3 is 14.7 Å². The topological polar surface area (TPSA) is 33.3 Å². The van der Waals surface area contributed by atoms with E-state index in [1.165, 1.54) is 257 Å². The highest BCUT2D eigenvalue weighted by molar-refractivity contribution is 5.78. The van der Waals surface area contributed by atoms with E-state index in [4.69, 9.17) is 0 Å². The minimum Gasteiger partial charge on any atom is -0.373 e. The third-order valence-electron chi connectivity index (χ3n) is 14.1. The Bertz CT molecular complexity index is 923. The lowest BCUT2D eigenvalue weighted by Gasteiger charge is -2.33. The van der Waals surface area contributed by atoms with Gasteiger partial charge in [-0.3, -0.25) is 14.6 Å². The Morgan fingerprint density at radius 2 is 0.530 bits per heavy atom. The van der Waals surface area contributed by atoms with E-state index in [0.29, 0.717) is 12.5 Å². The Hall–Kier alpha value is -1.11. The first-order chi connectivity index (χ1) is 31.4. The summed E-state index contributed by atoms with van der Waals surface area (Å²) in [6, 6.07) is 0. The van der Waals surface area contributed by atoms with Crippen molar-refractivity contribution in [1.82, 2.24) is 24.5 Å². The van der Waals surface area contributed by atoms with Crippen LogP contribution in [0.5, 0.6) is 0 Å². The van der Waals surface area contributed by atoms with E-state index >= 15 is 0 Å². The maximum Gasteiger partial charge on any atom is 0.236 e. The molecule has 0 N–H and O–H groups in total. The van der Waals surface area contributed by atoms with E-state index in [1.54, 1.807) is 0 Å². The molecule has 0 bridgehead atoms. The first kappa shape index (κ1) is 69.2. The van der Waals surface area contributed by atoms with E-state index in [-0.39, 0.29) is 14.9 Å². The maximum atomic E-state index is 14.2. The summed E-state index contributed by atoms with van der Waals surface area (Å²) in [7, 11) is 0. The van der Waals surface area contributed by atoms with Gasteiger partial charge in [-0.25, -0.2) is 0 Å². The Balaban J connectivity index is -0.0000198. The molecule has 0 spiro atoms. The molecule has 0 aromatic rings. The predicted molar refractivity (Wildman–Crippen MR) is 301 cm³/mol. The van der Waals surface area contributed by atoms with Crippen molar-refractivity contribution in [3.8, 4) is 0 Å². The summed E-state index contributed by atoms with van der Waals surface area (Å²) in [5.74, 6) is 0.317. The highest BCUT2D eigenvalue weighted by Gasteiger charge is 2.19. The number of hydrogen-bond donors (Lipinski definition) is 0. The van der Waals surface area contributed by atoms with Gasteiger partial charge in [0.2, 0.25) is 5.91 Å². The average Bonchev–Trinajstić information content (AvgIpc) is 3.29. The molecule has 0 heterocycles. The summed E-state index contributed by atoms with van der Waals surface area (Å²) < 4.78 is 0. The average molecular weight is 935 g/mol. The molecule has 0 saturated heterocycles. The Morgan fingerprint density at radius 1 is 0.288 bits per heavy atom. The fourth-order valence-corrected chi connectivity index (χ4v) is 9.51. The molecule has 0 unspecified atom stereocenters. The summed E-state index contributed by atoms with van der Waals surface area (Å²) in [6.07, 6.45) is 47.4. The zero-order valence-electron chi connectivity index (χ0n) is 45.3. The number of amides is 1. The molecule has 0 aromatic heterocycles. The number of hydrogen-bond acceptors (Lipinski definition) is 5. The van der Waals surface area contributed by atoms with Crippen LogP contribution in [-0.2, 0) is 4.79 Å². The summed E-state index contributed by atoms with van der Waals surface area (Å²) in [5.41, 5.74) is 1.24. The Labute approximate surface area is 419 Å². The number of likely N-dealkylation sites (N-methyl/N-ethyl adjacent to an activating group) is 2. The van der Waals surface area contributed by atoms with Crippen LogP contribution in [0.25, 0.3) is 0 Å². The summed E-state index contributed by atoms with van der Waals surface area (Å²) in [4.78, 5) is 26.8. The molecule has 66 heavy (non-hydrogen) atoms. The molecule has 0 aliphatic rings. The number of carbonyl (C=O) groups excluding carboxylic acids is 1. The first-order valence-corrected chi connectivity index (χ1v) is 29.3. The molecule has 0 radical (unpaired) electrons. The largest absolute Gasteiger partial charge is 0.373 e. The van der Waals surface area contributed by atoms with Crippen molar-refractivity contribution in [2.45, 2.75) is 288 Å². The zero-order chi connectivity index (χ0) is 47.0. The highest BCUT2D eigenvalue weighted by Crippen LogP contribution is 2.15. The molecule has 1 amide bonds. The molecular weight excluding hydrogens is 807 g/mol. The van der Waals surface area contributed by atoms with E-state index in [2.05, 4.69) is 79.5 Å². The zero-order valence-corrected chi connectivity index (χ0v) is 45.3. The van der Waals surface area contributed by atoms with Crippen molar-refractivity contribution in [3.63, 3.8) is 0 Å². The molecule has 6 nitrogen and oxygen atoms in total. The predicted octanol–water partition coefficient (Wildman–Crippen LogP) is 17.6. The normalized spacial score (nSPS) is 11.4. The SMILES string of the molecule is C.C.C=C(CN(CCCCCCCCC)CCCCCCCCC)N(CC)CCN(CC)C(=O)CN(CCCCCCCCC)CCN(CCCCCCCCC)CCCCCCCCC. The van der Waals surface area contributed by atoms with E-state index in [1.807, 2.05) is 0 Å². The van der Waals surface area contributed by atoms with Crippen LogP contribution in [0.3, 0.4) is 0 Å². The van der Waals surface area contributed by atoms with Gasteiger partial charge in [0.1, 0.15) is 0 Å². The highest BCUT2D eigenvalue weighted by atomic mass is 16.2. The molecule has 0 atom stereocenters. The number of unbranched alkanes of at least 4 members (excludes halogenated alkanes) is 30. The van der Waals surface area contributed by atoms with Crippen molar-refractivity contribution < 1.29 is 4.79 Å². The molecule has 6 heteroatoms. The van der Waals surface area contributed by atoms with Gasteiger partial charge in [0.25, 0.3) is 0 Å². The second-order valence-electron chi connectivity index (χ2n) is 20.1. The molecule has 0 aromatic carbocycles. The van der Waals surface area contributed by atoms with Gasteiger partial charge in [-0.15, -0.1) is 0 Å². The van der Waals surface area contributed by atoms with Crippen LogP contribution in [0.4, 0.5) is 0 Å².